The molecule has 0 radical (unpaired) electrons. The molecule has 0 aliphatic carbocycles. The van der Waals surface area contributed by atoms with Crippen LogP contribution < -0.4 is 38.9 Å². The fourth-order valence-corrected chi connectivity index (χ4v) is 2.47. The van der Waals surface area contributed by atoms with Gasteiger partial charge in [0.25, 0.3) is 0 Å². The lowest BCUT2D eigenvalue weighted by Crippen LogP contribution is -2.57. The monoisotopic (exact) mass is 462 g/mol. The molecule has 0 saturated heterocycles. The minimum Gasteiger partial charge on any atom is -0.480 e. The first-order valence-electron chi connectivity index (χ1n) is 9.23. The third-order valence-corrected chi connectivity index (χ3v) is 4.19. The lowest BCUT2D eigenvalue weighted by Gasteiger charge is -2.24. The van der Waals surface area contributed by atoms with Crippen LogP contribution in [0.1, 0.15) is 26.2 Å². The van der Waals surface area contributed by atoms with Gasteiger partial charge in [-0.15, -0.1) is 0 Å². The number of amides is 4. The van der Waals surface area contributed by atoms with Crippen molar-refractivity contribution in [3.05, 3.63) is 0 Å². The van der Waals surface area contributed by atoms with Crippen LogP contribution in [0.15, 0.2) is 4.99 Å². The molecule has 0 aromatic rings. The Labute approximate surface area is 184 Å². The van der Waals surface area contributed by atoms with Crippen molar-refractivity contribution in [2.75, 3.05) is 12.3 Å². The van der Waals surface area contributed by atoms with Crippen molar-refractivity contribution in [2.45, 2.75) is 50.4 Å². The third kappa shape index (κ3) is 11.6. The summed E-state index contributed by atoms with van der Waals surface area (Å²) in [7, 11) is 0. The summed E-state index contributed by atoms with van der Waals surface area (Å²) in [5.74, 6) is -4.88. The van der Waals surface area contributed by atoms with Gasteiger partial charge in [-0.1, -0.05) is 0 Å². The van der Waals surface area contributed by atoms with E-state index in [1.165, 1.54) is 6.92 Å². The van der Waals surface area contributed by atoms with Gasteiger partial charge < -0.3 is 44.0 Å². The highest BCUT2D eigenvalue weighted by Crippen LogP contribution is 2.03. The molecule has 0 spiro atoms. The van der Waals surface area contributed by atoms with Gasteiger partial charge in [0.05, 0.1) is 12.5 Å². The second-order valence-corrected chi connectivity index (χ2v) is 6.98. The predicted molar refractivity (Wildman–Crippen MR) is 115 cm³/mol. The molecule has 0 rings (SSSR count). The van der Waals surface area contributed by atoms with Crippen molar-refractivity contribution in [1.82, 2.24) is 16.0 Å². The number of aliphatic imine (C=N–C) groups is 1. The summed E-state index contributed by atoms with van der Waals surface area (Å²) < 4.78 is 0. The minimum atomic E-state index is -1.58. The molecule has 176 valence electrons. The molecular weight excluding hydrogens is 432 g/mol. The average molecular weight is 463 g/mol. The Hall–Kier alpha value is -3.07. The van der Waals surface area contributed by atoms with E-state index in [0.29, 0.717) is 0 Å². The van der Waals surface area contributed by atoms with Crippen molar-refractivity contribution in [2.24, 2.45) is 27.9 Å². The van der Waals surface area contributed by atoms with E-state index < -0.39 is 60.2 Å². The lowest BCUT2D eigenvalue weighted by molar-refractivity contribution is -0.143. The molecule has 0 bridgehead atoms. The first-order chi connectivity index (χ1) is 14.4. The molecule has 0 heterocycles. The zero-order valence-corrected chi connectivity index (χ0v) is 17.9. The Balaban J connectivity index is 5.37. The molecule has 0 aromatic heterocycles. The van der Waals surface area contributed by atoms with E-state index in [9.17, 15) is 24.0 Å². The SMILES string of the molecule is CC(N)C(=O)NC(CS)C(=O)NC(CCCN=C(N)N)C(=O)NC(CC(N)=O)C(=O)O. The molecule has 4 amide bonds. The molecule has 0 fully saturated rings. The van der Waals surface area contributed by atoms with Gasteiger partial charge in [-0.3, -0.25) is 24.2 Å². The number of rotatable bonds is 14. The highest BCUT2D eigenvalue weighted by Gasteiger charge is 2.29. The molecule has 14 nitrogen and oxygen atoms in total. The minimum absolute atomic E-state index is 0.0256. The topological polar surface area (TPSA) is 258 Å². The number of thiol groups is 1. The number of nitrogens with one attached hydrogen (secondary N) is 3. The number of guanidine groups is 1. The Kier molecular flexibility index (Phi) is 12.6. The number of carbonyl (C=O) groups excluding carboxylic acids is 4. The Morgan fingerprint density at radius 3 is 1.90 bits per heavy atom. The first-order valence-corrected chi connectivity index (χ1v) is 9.86. The summed E-state index contributed by atoms with van der Waals surface area (Å²) in [5, 5.41) is 16.1. The van der Waals surface area contributed by atoms with Crippen LogP contribution in [0.2, 0.25) is 0 Å². The van der Waals surface area contributed by atoms with Crippen LogP contribution >= 0.6 is 12.6 Å². The Bertz CT molecular complexity index is 698. The summed E-state index contributed by atoms with van der Waals surface area (Å²) in [6, 6.07) is -4.78. The number of hydrogen-bond acceptors (Lipinski definition) is 8. The Morgan fingerprint density at radius 2 is 1.45 bits per heavy atom. The van der Waals surface area contributed by atoms with Crippen LogP contribution in [-0.4, -0.2) is 77.1 Å². The second-order valence-electron chi connectivity index (χ2n) is 6.61. The first kappa shape index (κ1) is 27.9. The van der Waals surface area contributed by atoms with E-state index in [0.717, 1.165) is 0 Å². The molecule has 0 aromatic carbocycles. The van der Waals surface area contributed by atoms with Gasteiger partial charge in [0.2, 0.25) is 23.6 Å². The lowest BCUT2D eigenvalue weighted by atomic mass is 10.1. The predicted octanol–water partition coefficient (Wildman–Crippen LogP) is -4.27. The summed E-state index contributed by atoms with van der Waals surface area (Å²) in [6.07, 6.45) is -0.362. The third-order valence-electron chi connectivity index (χ3n) is 3.83. The number of primary amides is 1. The van der Waals surface area contributed by atoms with Crippen LogP contribution in [0.3, 0.4) is 0 Å². The van der Waals surface area contributed by atoms with Crippen LogP contribution in [0.4, 0.5) is 0 Å². The maximum atomic E-state index is 12.6. The standard InChI is InChI=1S/C16H30N8O6S/c1-7(17)12(26)24-10(6-31)14(28)22-8(3-2-4-21-16(19)20)13(27)23-9(15(29)30)5-11(18)25/h7-10,31H,2-6,17H2,1H3,(H2,18,25)(H,22,28)(H,23,27)(H,24,26)(H,29,30)(H4,19,20,21). The zero-order valence-electron chi connectivity index (χ0n) is 17.0. The summed E-state index contributed by atoms with van der Waals surface area (Å²) >= 11 is 4.01. The summed E-state index contributed by atoms with van der Waals surface area (Å²) in [5.41, 5.74) is 20.9. The molecule has 4 atom stereocenters. The van der Waals surface area contributed by atoms with Crippen molar-refractivity contribution < 1.29 is 29.1 Å². The Morgan fingerprint density at radius 1 is 0.935 bits per heavy atom. The number of carboxylic acids is 1. The van der Waals surface area contributed by atoms with Crippen LogP contribution in [-0.2, 0) is 24.0 Å². The van der Waals surface area contributed by atoms with Crippen molar-refractivity contribution >= 4 is 48.2 Å². The van der Waals surface area contributed by atoms with Crippen molar-refractivity contribution in [1.29, 1.82) is 0 Å². The number of carboxylic acid groups (broad SMARTS) is 1. The van der Waals surface area contributed by atoms with Crippen LogP contribution in [0.25, 0.3) is 0 Å². The van der Waals surface area contributed by atoms with Crippen LogP contribution in [0.5, 0.6) is 0 Å². The summed E-state index contributed by atoms with van der Waals surface area (Å²) in [6.45, 7) is 1.57. The highest BCUT2D eigenvalue weighted by atomic mass is 32.1. The fraction of sp³-hybridized carbons (Fsp3) is 0.625. The smallest absolute Gasteiger partial charge is 0.326 e. The average Bonchev–Trinajstić information content (AvgIpc) is 2.66. The maximum absolute atomic E-state index is 12.6. The fourth-order valence-electron chi connectivity index (χ4n) is 2.22. The van der Waals surface area contributed by atoms with Gasteiger partial charge in [-0.05, 0) is 19.8 Å². The molecule has 31 heavy (non-hydrogen) atoms. The number of aliphatic carboxylic acids is 1. The number of nitrogens with zero attached hydrogens (tertiary/aromatic N) is 1. The molecule has 0 saturated carbocycles. The van der Waals surface area contributed by atoms with Gasteiger partial charge >= 0.3 is 5.97 Å². The molecule has 0 aliphatic heterocycles. The van der Waals surface area contributed by atoms with E-state index in [4.69, 9.17) is 28.0 Å². The van der Waals surface area contributed by atoms with E-state index in [-0.39, 0.29) is 31.1 Å². The van der Waals surface area contributed by atoms with Crippen LogP contribution in [0, 0.1) is 0 Å². The molecular formula is C16H30N8O6S. The molecule has 4 unspecified atom stereocenters. The van der Waals surface area contributed by atoms with Gasteiger partial charge in [0, 0.05) is 12.3 Å². The largest absolute Gasteiger partial charge is 0.480 e. The van der Waals surface area contributed by atoms with Gasteiger partial charge in [0.15, 0.2) is 5.96 Å². The van der Waals surface area contributed by atoms with E-state index >= 15 is 0 Å². The molecule has 0 aliphatic rings. The van der Waals surface area contributed by atoms with E-state index in [2.05, 4.69) is 33.6 Å². The van der Waals surface area contributed by atoms with Crippen molar-refractivity contribution in [3.63, 3.8) is 0 Å². The van der Waals surface area contributed by atoms with Gasteiger partial charge in [-0.25, -0.2) is 4.79 Å². The van der Waals surface area contributed by atoms with E-state index in [1.807, 2.05) is 0 Å². The van der Waals surface area contributed by atoms with E-state index in [1.54, 1.807) is 0 Å². The maximum Gasteiger partial charge on any atom is 0.326 e. The number of nitrogens with two attached hydrogens (primary N) is 4. The number of carbonyl (C=O) groups is 5. The second kappa shape index (κ2) is 14.0. The quantitative estimate of drug-likeness (QED) is 0.0523. The van der Waals surface area contributed by atoms with Crippen molar-refractivity contribution in [3.8, 4) is 0 Å². The highest BCUT2D eigenvalue weighted by molar-refractivity contribution is 7.80. The molecule has 15 heteroatoms. The number of hydrogen-bond donors (Lipinski definition) is 9. The van der Waals surface area contributed by atoms with Gasteiger partial charge in [-0.2, -0.15) is 12.6 Å². The summed E-state index contributed by atoms with van der Waals surface area (Å²) in [4.78, 5) is 63.0. The molecule has 12 N–H and O–H groups in total. The normalized spacial score (nSPS) is 14.3. The van der Waals surface area contributed by atoms with Gasteiger partial charge in [0.1, 0.15) is 18.1 Å². The zero-order chi connectivity index (χ0) is 24.1.